The third kappa shape index (κ3) is 5.33. The van der Waals surface area contributed by atoms with Crippen LogP contribution in [0.2, 0.25) is 0 Å². The zero-order valence-electron chi connectivity index (χ0n) is 22.0. The molecule has 2 heterocycles. The van der Waals surface area contributed by atoms with Gasteiger partial charge in [0.15, 0.2) is 0 Å². The molecule has 0 saturated carbocycles. The first-order chi connectivity index (χ1) is 17.5. The highest BCUT2D eigenvalue weighted by Gasteiger charge is 2.29. The van der Waals surface area contributed by atoms with Crippen LogP contribution in [0.25, 0.3) is 21.8 Å². The fraction of sp³-hybridized carbons (Fsp3) is 0.438. The monoisotopic (exact) mass is 481 g/mol. The van der Waals surface area contributed by atoms with Crippen LogP contribution in [-0.4, -0.2) is 33.4 Å². The van der Waals surface area contributed by atoms with E-state index in [1.54, 1.807) is 0 Å². The van der Waals surface area contributed by atoms with E-state index in [-0.39, 0.29) is 0 Å². The average molecular weight is 482 g/mol. The van der Waals surface area contributed by atoms with Crippen molar-refractivity contribution in [2.75, 3.05) is 13.1 Å². The van der Waals surface area contributed by atoms with Crippen LogP contribution in [0.1, 0.15) is 68.8 Å². The number of benzene rings is 3. The van der Waals surface area contributed by atoms with Crippen molar-refractivity contribution in [1.82, 2.24) is 14.5 Å². The van der Waals surface area contributed by atoms with E-state index in [0.29, 0.717) is 24.2 Å². The molecule has 5 rings (SSSR count). The number of carbonyl (C=O) groups excluding carboxylic acids is 1. The summed E-state index contributed by atoms with van der Waals surface area (Å²) in [5.41, 5.74) is 4.88. The standard InChI is InChI=1S/C32H39N3O/c1-4-5-17-35-30-15-12-23(2)19-29(30)33-32(35)28-11-8-16-34(22-28)31(36)20-24(3)18-25-13-14-26-9-6-7-10-27(26)21-25/h6-7,9-10,12-15,19,21,24,28H,4-5,8,11,16-18,20,22H2,1-3H3/t24-,28-/m1/s1. The summed E-state index contributed by atoms with van der Waals surface area (Å²) in [5.74, 6) is 2.09. The number of rotatable bonds is 8. The van der Waals surface area contributed by atoms with Gasteiger partial charge in [-0.05, 0) is 72.6 Å². The summed E-state index contributed by atoms with van der Waals surface area (Å²) in [6, 6.07) is 21.8. The van der Waals surface area contributed by atoms with Crippen molar-refractivity contribution >= 4 is 27.7 Å². The van der Waals surface area contributed by atoms with E-state index in [0.717, 1.165) is 57.3 Å². The van der Waals surface area contributed by atoms with Crippen molar-refractivity contribution in [1.29, 1.82) is 0 Å². The molecule has 0 unspecified atom stereocenters. The number of carbonyl (C=O) groups is 1. The number of piperidine rings is 1. The molecule has 1 aromatic heterocycles. The molecule has 4 heteroatoms. The van der Waals surface area contributed by atoms with Crippen LogP contribution in [0.3, 0.4) is 0 Å². The van der Waals surface area contributed by atoms with Crippen molar-refractivity contribution in [3.8, 4) is 0 Å². The minimum atomic E-state index is 0.292. The van der Waals surface area contributed by atoms with Gasteiger partial charge in [0, 0.05) is 32.0 Å². The van der Waals surface area contributed by atoms with Gasteiger partial charge in [0.2, 0.25) is 5.91 Å². The molecule has 36 heavy (non-hydrogen) atoms. The first kappa shape index (κ1) is 24.5. The Morgan fingerprint density at radius 3 is 2.75 bits per heavy atom. The van der Waals surface area contributed by atoms with Crippen LogP contribution in [0, 0.1) is 12.8 Å². The highest BCUT2D eigenvalue weighted by molar-refractivity contribution is 5.83. The predicted molar refractivity (Wildman–Crippen MR) is 149 cm³/mol. The molecule has 1 saturated heterocycles. The Labute approximate surface area is 215 Å². The molecule has 4 nitrogen and oxygen atoms in total. The van der Waals surface area contributed by atoms with Crippen molar-refractivity contribution in [2.24, 2.45) is 5.92 Å². The van der Waals surface area contributed by atoms with Gasteiger partial charge in [0.1, 0.15) is 5.82 Å². The van der Waals surface area contributed by atoms with E-state index in [1.165, 1.54) is 33.2 Å². The maximum atomic E-state index is 13.4. The lowest BCUT2D eigenvalue weighted by atomic mass is 9.93. The minimum Gasteiger partial charge on any atom is -0.342 e. The van der Waals surface area contributed by atoms with Gasteiger partial charge in [-0.15, -0.1) is 0 Å². The molecule has 2 atom stereocenters. The molecule has 4 aromatic rings. The minimum absolute atomic E-state index is 0.292. The molecule has 0 radical (unpaired) electrons. The Morgan fingerprint density at radius 1 is 1.08 bits per heavy atom. The summed E-state index contributed by atoms with van der Waals surface area (Å²) < 4.78 is 2.43. The third-order valence-corrected chi connectivity index (χ3v) is 7.73. The van der Waals surface area contributed by atoms with E-state index in [9.17, 15) is 4.79 Å². The van der Waals surface area contributed by atoms with Crippen LogP contribution < -0.4 is 0 Å². The quantitative estimate of drug-likeness (QED) is 0.265. The third-order valence-electron chi connectivity index (χ3n) is 7.73. The van der Waals surface area contributed by atoms with Gasteiger partial charge in [0.25, 0.3) is 0 Å². The average Bonchev–Trinajstić information content (AvgIpc) is 3.24. The molecule has 1 fully saturated rings. The Morgan fingerprint density at radius 2 is 1.92 bits per heavy atom. The van der Waals surface area contributed by atoms with Crippen LogP contribution in [0.15, 0.2) is 60.7 Å². The zero-order valence-corrected chi connectivity index (χ0v) is 22.0. The SMILES string of the molecule is CCCCn1c([C@@H]2CCCN(C(=O)C[C@H](C)Cc3ccc4ccccc4c3)C2)nc2cc(C)ccc21. The molecule has 188 valence electrons. The van der Waals surface area contributed by atoms with Gasteiger partial charge in [0.05, 0.1) is 11.0 Å². The molecule has 0 N–H and O–H groups in total. The summed E-state index contributed by atoms with van der Waals surface area (Å²) in [7, 11) is 0. The number of amides is 1. The van der Waals surface area contributed by atoms with Gasteiger partial charge in [-0.25, -0.2) is 4.98 Å². The Bertz CT molecular complexity index is 1350. The van der Waals surface area contributed by atoms with Crippen LogP contribution >= 0.6 is 0 Å². The number of fused-ring (bicyclic) bond motifs is 2. The number of hydrogen-bond donors (Lipinski definition) is 0. The predicted octanol–water partition coefficient (Wildman–Crippen LogP) is 7.27. The van der Waals surface area contributed by atoms with Crippen molar-refractivity contribution in [3.05, 3.63) is 77.6 Å². The van der Waals surface area contributed by atoms with Crippen molar-refractivity contribution in [2.45, 2.75) is 71.8 Å². The molecule has 1 aliphatic heterocycles. The first-order valence-electron chi connectivity index (χ1n) is 13.7. The first-order valence-corrected chi connectivity index (χ1v) is 13.7. The summed E-state index contributed by atoms with van der Waals surface area (Å²) in [6.07, 6.45) is 5.99. The highest BCUT2D eigenvalue weighted by atomic mass is 16.2. The van der Waals surface area contributed by atoms with E-state index < -0.39 is 0 Å². The molecular formula is C32H39N3O. The van der Waals surface area contributed by atoms with E-state index in [1.807, 2.05) is 0 Å². The Balaban J connectivity index is 1.27. The largest absolute Gasteiger partial charge is 0.342 e. The van der Waals surface area contributed by atoms with Crippen LogP contribution in [-0.2, 0) is 17.8 Å². The smallest absolute Gasteiger partial charge is 0.222 e. The van der Waals surface area contributed by atoms with E-state index >= 15 is 0 Å². The van der Waals surface area contributed by atoms with Gasteiger partial charge in [-0.3, -0.25) is 4.79 Å². The second-order valence-corrected chi connectivity index (χ2v) is 10.8. The molecule has 0 bridgehead atoms. The second kappa shape index (κ2) is 10.9. The normalized spacial score (nSPS) is 17.1. The highest BCUT2D eigenvalue weighted by Crippen LogP contribution is 2.31. The fourth-order valence-electron chi connectivity index (χ4n) is 5.80. The molecule has 3 aromatic carbocycles. The zero-order chi connectivity index (χ0) is 25.1. The molecular weight excluding hydrogens is 442 g/mol. The van der Waals surface area contributed by atoms with Gasteiger partial charge in [-0.2, -0.15) is 0 Å². The van der Waals surface area contributed by atoms with Gasteiger partial charge in [-0.1, -0.05) is 68.8 Å². The number of nitrogens with zero attached hydrogens (tertiary/aromatic N) is 3. The van der Waals surface area contributed by atoms with Gasteiger partial charge >= 0.3 is 0 Å². The Hall–Kier alpha value is -3.14. The van der Waals surface area contributed by atoms with Crippen LogP contribution in [0.5, 0.6) is 0 Å². The van der Waals surface area contributed by atoms with Crippen LogP contribution in [0.4, 0.5) is 0 Å². The van der Waals surface area contributed by atoms with Crippen molar-refractivity contribution < 1.29 is 4.79 Å². The van der Waals surface area contributed by atoms with Gasteiger partial charge < -0.3 is 9.47 Å². The summed E-state index contributed by atoms with van der Waals surface area (Å²) in [5, 5.41) is 2.54. The molecule has 0 aliphatic carbocycles. The fourth-order valence-corrected chi connectivity index (χ4v) is 5.80. The number of likely N-dealkylation sites (tertiary alicyclic amines) is 1. The summed E-state index contributed by atoms with van der Waals surface area (Å²) in [4.78, 5) is 20.6. The lowest BCUT2D eigenvalue weighted by Gasteiger charge is -2.33. The number of imidazole rings is 1. The number of unbranched alkanes of at least 4 members (excludes halogenated alkanes) is 1. The second-order valence-electron chi connectivity index (χ2n) is 10.8. The number of aryl methyl sites for hydroxylation is 2. The topological polar surface area (TPSA) is 38.1 Å². The molecule has 1 amide bonds. The molecule has 1 aliphatic rings. The number of hydrogen-bond acceptors (Lipinski definition) is 2. The van der Waals surface area contributed by atoms with E-state index in [4.69, 9.17) is 4.98 Å². The number of aromatic nitrogens is 2. The molecule has 0 spiro atoms. The van der Waals surface area contributed by atoms with Crippen molar-refractivity contribution in [3.63, 3.8) is 0 Å². The Kier molecular flexibility index (Phi) is 7.41. The summed E-state index contributed by atoms with van der Waals surface area (Å²) >= 11 is 0. The van der Waals surface area contributed by atoms with E-state index in [2.05, 4.69) is 90.9 Å². The maximum Gasteiger partial charge on any atom is 0.222 e. The lowest BCUT2D eigenvalue weighted by molar-refractivity contribution is -0.133. The summed E-state index contributed by atoms with van der Waals surface area (Å²) in [6.45, 7) is 9.23. The lowest BCUT2D eigenvalue weighted by Crippen LogP contribution is -2.40. The maximum absolute atomic E-state index is 13.4.